The molecule has 3 aromatic rings. The number of carbonyl (C=O) groups is 1. The molecule has 0 radical (unpaired) electrons. The van der Waals surface area contributed by atoms with E-state index >= 15 is 0 Å². The molecule has 3 rings (SSSR count). The van der Waals surface area contributed by atoms with E-state index in [1.807, 2.05) is 0 Å². The van der Waals surface area contributed by atoms with Gasteiger partial charge < -0.3 is 5.32 Å². The predicted octanol–water partition coefficient (Wildman–Crippen LogP) is 3.83. The molecule has 8 nitrogen and oxygen atoms in total. The van der Waals surface area contributed by atoms with Crippen molar-refractivity contribution in [1.82, 2.24) is 4.31 Å². The molecule has 0 saturated heterocycles. The molecule has 2 N–H and O–H groups in total. The van der Waals surface area contributed by atoms with Gasteiger partial charge in [-0.2, -0.15) is 0 Å². The van der Waals surface area contributed by atoms with Crippen LogP contribution in [0.2, 0.25) is 0 Å². The highest BCUT2D eigenvalue weighted by molar-refractivity contribution is 7.93. The molecular formula is C23H26FN3O5S2. The van der Waals surface area contributed by atoms with Crippen molar-refractivity contribution in [3.05, 3.63) is 60.7 Å². The van der Waals surface area contributed by atoms with Gasteiger partial charge in [0.1, 0.15) is 6.67 Å². The molecule has 34 heavy (non-hydrogen) atoms. The van der Waals surface area contributed by atoms with Gasteiger partial charge in [0.05, 0.1) is 15.2 Å². The number of hydrogen-bond donors (Lipinski definition) is 2. The first kappa shape index (κ1) is 25.6. The van der Waals surface area contributed by atoms with Crippen LogP contribution in [0.4, 0.5) is 15.8 Å². The molecule has 0 atom stereocenters. The summed E-state index contributed by atoms with van der Waals surface area (Å²) in [5, 5.41) is 3.14. The van der Waals surface area contributed by atoms with Gasteiger partial charge in [-0.1, -0.05) is 24.3 Å². The third-order valence-corrected chi connectivity index (χ3v) is 8.55. The molecule has 3 aromatic carbocycles. The second-order valence-electron chi connectivity index (χ2n) is 8.55. The van der Waals surface area contributed by atoms with Crippen molar-refractivity contribution in [2.45, 2.75) is 23.6 Å². The molecule has 0 spiro atoms. The molecule has 182 valence electrons. The molecule has 0 aliphatic rings. The summed E-state index contributed by atoms with van der Waals surface area (Å²) >= 11 is 0. The Bertz CT molecular complexity index is 1440. The minimum Gasteiger partial charge on any atom is -0.326 e. The Morgan fingerprint density at radius 2 is 1.35 bits per heavy atom. The molecule has 0 unspecified atom stereocenters. The molecule has 0 aromatic heterocycles. The van der Waals surface area contributed by atoms with E-state index in [-0.39, 0.29) is 26.3 Å². The number of fused-ring (bicyclic) bond motifs is 1. The van der Waals surface area contributed by atoms with Crippen LogP contribution in [0.25, 0.3) is 10.8 Å². The Balaban J connectivity index is 1.93. The summed E-state index contributed by atoms with van der Waals surface area (Å²) in [6.07, 6.45) is 0. The number of amides is 1. The van der Waals surface area contributed by atoms with Crippen LogP contribution < -0.4 is 10.0 Å². The minimum absolute atomic E-state index is 0.00310. The van der Waals surface area contributed by atoms with E-state index in [9.17, 15) is 26.0 Å². The molecule has 0 saturated carbocycles. The Labute approximate surface area is 198 Å². The van der Waals surface area contributed by atoms with Gasteiger partial charge in [0.2, 0.25) is 15.9 Å². The second-order valence-corrected chi connectivity index (χ2v) is 12.3. The lowest BCUT2D eigenvalue weighted by Gasteiger charge is -2.19. The number of benzene rings is 3. The molecule has 0 aliphatic carbocycles. The Morgan fingerprint density at radius 3 is 1.88 bits per heavy atom. The zero-order chi connectivity index (χ0) is 25.3. The largest absolute Gasteiger partial charge is 0.326 e. The highest BCUT2D eigenvalue weighted by Gasteiger charge is 2.28. The van der Waals surface area contributed by atoms with Crippen LogP contribution in [-0.2, 0) is 24.8 Å². The number of nitrogens with zero attached hydrogens (tertiary/aromatic N) is 1. The number of hydrogen-bond acceptors (Lipinski definition) is 5. The number of carbonyl (C=O) groups excluding carboxylic acids is 1. The van der Waals surface area contributed by atoms with Gasteiger partial charge in [0, 0.05) is 36.2 Å². The van der Waals surface area contributed by atoms with Crippen LogP contribution in [0.3, 0.4) is 0 Å². The Kier molecular flexibility index (Phi) is 7.02. The average molecular weight is 508 g/mol. The van der Waals surface area contributed by atoms with Gasteiger partial charge in [-0.05, 0) is 50.2 Å². The third kappa shape index (κ3) is 5.06. The number of halogens is 1. The number of rotatable bonds is 8. The van der Waals surface area contributed by atoms with E-state index in [1.54, 1.807) is 12.1 Å². The summed E-state index contributed by atoms with van der Waals surface area (Å²) in [6.45, 7) is 2.13. The quantitative estimate of drug-likeness (QED) is 0.481. The van der Waals surface area contributed by atoms with E-state index < -0.39 is 38.0 Å². The van der Waals surface area contributed by atoms with Crippen molar-refractivity contribution < 1.29 is 26.0 Å². The van der Waals surface area contributed by atoms with Crippen LogP contribution in [0.5, 0.6) is 0 Å². The number of nitrogens with one attached hydrogen (secondary N) is 2. The SMILES string of the molecule is CN(C)S(=O)(=O)c1cccc2c(S(=O)(=O)Nc3ccc(NC(=O)C(C)(C)CF)cc3)cccc12. The maximum absolute atomic E-state index is 13.2. The molecule has 11 heteroatoms. The second kappa shape index (κ2) is 9.32. The lowest BCUT2D eigenvalue weighted by molar-refractivity contribution is -0.124. The Hall–Kier alpha value is -3.02. The fraction of sp³-hybridized carbons (Fsp3) is 0.261. The van der Waals surface area contributed by atoms with Crippen molar-refractivity contribution >= 4 is 48.1 Å². The van der Waals surface area contributed by atoms with E-state index in [0.29, 0.717) is 5.69 Å². The van der Waals surface area contributed by atoms with E-state index in [2.05, 4.69) is 10.0 Å². The van der Waals surface area contributed by atoms with Gasteiger partial charge >= 0.3 is 0 Å². The Morgan fingerprint density at radius 1 is 0.853 bits per heavy atom. The highest BCUT2D eigenvalue weighted by atomic mass is 32.2. The fourth-order valence-corrected chi connectivity index (χ4v) is 5.48. The average Bonchev–Trinajstić information content (AvgIpc) is 2.79. The monoisotopic (exact) mass is 507 g/mol. The van der Waals surface area contributed by atoms with Crippen LogP contribution in [-0.4, -0.2) is 47.8 Å². The zero-order valence-electron chi connectivity index (χ0n) is 19.2. The fourth-order valence-electron chi connectivity index (χ4n) is 3.10. The molecule has 0 bridgehead atoms. The summed E-state index contributed by atoms with van der Waals surface area (Å²) < 4.78 is 68.3. The van der Waals surface area contributed by atoms with Crippen molar-refractivity contribution in [2.24, 2.45) is 5.41 Å². The van der Waals surface area contributed by atoms with E-state index in [1.165, 1.54) is 76.5 Å². The van der Waals surface area contributed by atoms with Crippen LogP contribution in [0.1, 0.15) is 13.8 Å². The lowest BCUT2D eigenvalue weighted by Crippen LogP contribution is -2.32. The van der Waals surface area contributed by atoms with Gasteiger partial charge in [0.25, 0.3) is 10.0 Å². The summed E-state index contributed by atoms with van der Waals surface area (Å²) in [6, 6.07) is 14.8. The highest BCUT2D eigenvalue weighted by Crippen LogP contribution is 2.30. The van der Waals surface area contributed by atoms with Gasteiger partial charge in [-0.25, -0.2) is 25.5 Å². The van der Waals surface area contributed by atoms with Crippen LogP contribution in [0, 0.1) is 5.41 Å². The lowest BCUT2D eigenvalue weighted by atomic mass is 9.94. The zero-order valence-corrected chi connectivity index (χ0v) is 20.8. The minimum atomic E-state index is -4.08. The number of anilines is 2. The standard InChI is InChI=1S/C23H26FN3O5S2/c1-23(2,15-24)22(28)25-16-11-13-17(14-12-16)26-33(29,30)20-9-5-8-19-18(20)7-6-10-21(19)34(31,32)27(3)4/h5-14,26H,15H2,1-4H3,(H,25,28). The third-order valence-electron chi connectivity index (χ3n) is 5.23. The molecule has 0 fully saturated rings. The smallest absolute Gasteiger partial charge is 0.262 e. The van der Waals surface area contributed by atoms with Crippen molar-refractivity contribution in [2.75, 3.05) is 30.8 Å². The van der Waals surface area contributed by atoms with Crippen molar-refractivity contribution in [3.63, 3.8) is 0 Å². The predicted molar refractivity (Wildman–Crippen MR) is 130 cm³/mol. The molecule has 0 aliphatic heterocycles. The first-order valence-electron chi connectivity index (χ1n) is 10.2. The number of alkyl halides is 1. The van der Waals surface area contributed by atoms with Gasteiger partial charge in [-0.15, -0.1) is 0 Å². The summed E-state index contributed by atoms with van der Waals surface area (Å²) in [5.74, 6) is -0.498. The topological polar surface area (TPSA) is 113 Å². The first-order chi connectivity index (χ1) is 15.8. The number of sulfonamides is 2. The molecule has 0 heterocycles. The maximum Gasteiger partial charge on any atom is 0.262 e. The van der Waals surface area contributed by atoms with Crippen molar-refractivity contribution in [3.8, 4) is 0 Å². The summed E-state index contributed by atoms with van der Waals surface area (Å²) in [5.41, 5.74) is -0.567. The summed E-state index contributed by atoms with van der Waals surface area (Å²) in [7, 11) is -5.07. The first-order valence-corrected chi connectivity index (χ1v) is 13.2. The van der Waals surface area contributed by atoms with Crippen LogP contribution >= 0.6 is 0 Å². The molecule has 1 amide bonds. The van der Waals surface area contributed by atoms with Crippen molar-refractivity contribution in [1.29, 1.82) is 0 Å². The van der Waals surface area contributed by atoms with Crippen LogP contribution in [0.15, 0.2) is 70.5 Å². The maximum atomic E-state index is 13.2. The summed E-state index contributed by atoms with van der Waals surface area (Å²) in [4.78, 5) is 12.0. The van der Waals surface area contributed by atoms with E-state index in [4.69, 9.17) is 0 Å². The normalized spacial score (nSPS) is 12.6. The van der Waals surface area contributed by atoms with Gasteiger partial charge in [-0.3, -0.25) is 9.52 Å². The molecular weight excluding hydrogens is 481 g/mol. The van der Waals surface area contributed by atoms with E-state index in [0.717, 1.165) is 4.31 Å². The van der Waals surface area contributed by atoms with Gasteiger partial charge in [0.15, 0.2) is 0 Å².